The molecule has 1 N–H and O–H groups in total. The normalized spacial score (nSPS) is 12.2. The van der Waals surface area contributed by atoms with Gasteiger partial charge in [-0.25, -0.2) is 4.79 Å². The Hall–Kier alpha value is -2.04. The maximum Gasteiger partial charge on any atom is 0.338 e. The summed E-state index contributed by atoms with van der Waals surface area (Å²) in [5.41, 5.74) is 2.79. The van der Waals surface area contributed by atoms with E-state index in [9.17, 15) is 9.90 Å². The zero-order valence-corrected chi connectivity index (χ0v) is 21.7. The highest BCUT2D eigenvalue weighted by atomic mass is 35.5. The summed E-state index contributed by atoms with van der Waals surface area (Å²) in [6.45, 7) is 14.5. The Morgan fingerprint density at radius 3 is 1.91 bits per heavy atom. The molecule has 2 aromatic carbocycles. The molecular weight excluding hydrogens is 422 g/mol. The first-order valence-corrected chi connectivity index (χ1v) is 11.1. The second kappa shape index (κ2) is 10.7. The van der Waals surface area contributed by atoms with E-state index in [-0.39, 0.29) is 35.0 Å². The van der Waals surface area contributed by atoms with Crippen LogP contribution in [0.5, 0.6) is 5.75 Å². The van der Waals surface area contributed by atoms with Gasteiger partial charge in [-0.1, -0.05) is 71.9 Å². The average Bonchev–Trinajstić information content (AvgIpc) is 2.63. The summed E-state index contributed by atoms with van der Waals surface area (Å²) in [6, 6.07) is 14.0. The molecule has 0 aliphatic carbocycles. The molecule has 178 valence electrons. The van der Waals surface area contributed by atoms with E-state index in [0.717, 1.165) is 35.1 Å². The molecule has 0 radical (unpaired) electrons. The Labute approximate surface area is 200 Å². The lowest BCUT2D eigenvalue weighted by Crippen LogP contribution is -3.00. The van der Waals surface area contributed by atoms with Crippen LogP contribution in [0.1, 0.15) is 75.0 Å². The number of hydrogen-bond donors (Lipinski definition) is 1. The quantitative estimate of drug-likeness (QED) is 0.392. The van der Waals surface area contributed by atoms with Crippen molar-refractivity contribution in [2.75, 3.05) is 27.2 Å². The van der Waals surface area contributed by atoms with E-state index in [1.54, 1.807) is 12.1 Å². The fraction of sp³-hybridized carbons (Fsp3) is 0.519. The minimum Gasteiger partial charge on any atom is -1.00 e. The smallest absolute Gasteiger partial charge is 0.338 e. The highest BCUT2D eigenvalue weighted by molar-refractivity contribution is 5.90. The summed E-state index contributed by atoms with van der Waals surface area (Å²) in [7, 11) is 4.39. The first kappa shape index (κ1) is 28.0. The van der Waals surface area contributed by atoms with Crippen molar-refractivity contribution in [2.24, 2.45) is 0 Å². The van der Waals surface area contributed by atoms with E-state index in [4.69, 9.17) is 4.74 Å². The van der Waals surface area contributed by atoms with Gasteiger partial charge in [-0.05, 0) is 23.0 Å². The van der Waals surface area contributed by atoms with Crippen LogP contribution in [-0.2, 0) is 22.1 Å². The number of quaternary nitrogens is 1. The van der Waals surface area contributed by atoms with E-state index in [1.807, 2.05) is 47.6 Å². The molecule has 0 heterocycles. The summed E-state index contributed by atoms with van der Waals surface area (Å²) in [5, 5.41) is 10.8. The maximum atomic E-state index is 12.8. The number of aromatic hydroxyl groups is 1. The summed E-state index contributed by atoms with van der Waals surface area (Å²) < 4.78 is 6.45. The Balaban J connectivity index is 0.00000512. The van der Waals surface area contributed by atoms with Crippen molar-refractivity contribution in [2.45, 2.75) is 65.3 Å². The number of nitrogens with zero attached hydrogens (tertiary/aromatic N) is 1. The van der Waals surface area contributed by atoms with Crippen molar-refractivity contribution in [1.29, 1.82) is 0 Å². The minimum atomic E-state index is -0.329. The number of phenolic OH excluding ortho intramolecular Hbond substituents is 1. The largest absolute Gasteiger partial charge is 1.00 e. The molecule has 32 heavy (non-hydrogen) atoms. The third-order valence-electron chi connectivity index (χ3n) is 5.56. The van der Waals surface area contributed by atoms with E-state index in [2.05, 4.69) is 38.4 Å². The van der Waals surface area contributed by atoms with Crippen molar-refractivity contribution in [3.05, 3.63) is 64.7 Å². The van der Waals surface area contributed by atoms with Gasteiger partial charge in [0.2, 0.25) is 0 Å². The van der Waals surface area contributed by atoms with Gasteiger partial charge in [0.15, 0.2) is 0 Å². The second-order valence-electron chi connectivity index (χ2n) is 11.2. The zero-order valence-electron chi connectivity index (χ0n) is 21.0. The summed E-state index contributed by atoms with van der Waals surface area (Å²) in [5.74, 6) is -0.0547. The summed E-state index contributed by atoms with van der Waals surface area (Å²) in [6.07, 6.45) is 0.794. The second-order valence-corrected chi connectivity index (χ2v) is 11.2. The number of hydrogen-bond acceptors (Lipinski definition) is 3. The molecule has 2 aromatic rings. The standard InChI is InChI=1S/C27H39NO3.ClH/c1-26(2,3)22-17-21(18-23(24(22)29)27(4,5)6)25(30)31-16-12-15-28(7,8)19-20-13-10-9-11-14-20;/h9-11,13-14,17-18H,12,15-16,19H2,1-8H3;1H. The molecule has 0 aromatic heterocycles. The van der Waals surface area contributed by atoms with Crippen LogP contribution in [0.4, 0.5) is 0 Å². The first-order chi connectivity index (χ1) is 14.2. The van der Waals surface area contributed by atoms with Gasteiger partial charge in [0, 0.05) is 23.1 Å². The molecule has 4 nitrogen and oxygen atoms in total. The number of esters is 1. The molecule has 5 heteroatoms. The van der Waals surface area contributed by atoms with E-state index >= 15 is 0 Å². The van der Waals surface area contributed by atoms with Gasteiger partial charge in [-0.15, -0.1) is 0 Å². The van der Waals surface area contributed by atoms with Crippen LogP contribution in [0.25, 0.3) is 0 Å². The fourth-order valence-corrected chi connectivity index (χ4v) is 3.79. The molecule has 0 atom stereocenters. The van der Waals surface area contributed by atoms with Crippen molar-refractivity contribution in [1.82, 2.24) is 0 Å². The van der Waals surface area contributed by atoms with Gasteiger partial charge in [0.05, 0.1) is 32.8 Å². The van der Waals surface area contributed by atoms with Crippen LogP contribution in [0.2, 0.25) is 0 Å². The first-order valence-electron chi connectivity index (χ1n) is 11.1. The molecular formula is C27H40ClNO3. The van der Waals surface area contributed by atoms with E-state index in [0.29, 0.717) is 12.2 Å². The zero-order chi connectivity index (χ0) is 23.4. The van der Waals surface area contributed by atoms with Crippen molar-refractivity contribution in [3.63, 3.8) is 0 Å². The van der Waals surface area contributed by atoms with Gasteiger partial charge in [0.1, 0.15) is 12.3 Å². The number of halogens is 1. The summed E-state index contributed by atoms with van der Waals surface area (Å²) >= 11 is 0. The average molecular weight is 462 g/mol. The molecule has 0 unspecified atom stereocenters. The predicted octanol–water partition coefficient (Wildman–Crippen LogP) is 2.81. The number of rotatable bonds is 7. The lowest BCUT2D eigenvalue weighted by atomic mass is 9.78. The number of carbonyl (C=O) groups excluding carboxylic acids is 1. The number of ether oxygens (including phenoxy) is 1. The molecule has 0 saturated heterocycles. The van der Waals surface area contributed by atoms with Gasteiger partial charge >= 0.3 is 5.97 Å². The van der Waals surface area contributed by atoms with Crippen molar-refractivity contribution in [3.8, 4) is 5.75 Å². The van der Waals surface area contributed by atoms with Crippen LogP contribution < -0.4 is 12.4 Å². The molecule has 0 bridgehead atoms. The number of phenols is 1. The maximum absolute atomic E-state index is 12.8. The van der Waals surface area contributed by atoms with E-state index in [1.165, 1.54) is 5.56 Å². The van der Waals surface area contributed by atoms with Gasteiger partial charge < -0.3 is 26.7 Å². The highest BCUT2D eigenvalue weighted by Crippen LogP contribution is 2.39. The Bertz CT molecular complexity index is 858. The molecule has 0 aliphatic heterocycles. The third-order valence-corrected chi connectivity index (χ3v) is 5.56. The Kier molecular flexibility index (Phi) is 9.38. The third kappa shape index (κ3) is 7.83. The van der Waals surface area contributed by atoms with Crippen LogP contribution in [0.3, 0.4) is 0 Å². The molecule has 2 rings (SSSR count). The molecule has 0 saturated carbocycles. The monoisotopic (exact) mass is 461 g/mol. The van der Waals surface area contributed by atoms with Gasteiger partial charge in [0.25, 0.3) is 0 Å². The topological polar surface area (TPSA) is 46.5 Å². The van der Waals surface area contributed by atoms with Gasteiger partial charge in [-0.3, -0.25) is 0 Å². The van der Waals surface area contributed by atoms with Gasteiger partial charge in [-0.2, -0.15) is 0 Å². The lowest BCUT2D eigenvalue weighted by Gasteiger charge is -2.30. The van der Waals surface area contributed by atoms with Crippen molar-refractivity contribution >= 4 is 5.97 Å². The Morgan fingerprint density at radius 1 is 0.938 bits per heavy atom. The molecule has 0 spiro atoms. The molecule has 0 fully saturated rings. The van der Waals surface area contributed by atoms with Crippen LogP contribution in [0.15, 0.2) is 42.5 Å². The number of carbonyl (C=O) groups is 1. The van der Waals surface area contributed by atoms with Crippen LogP contribution in [-0.4, -0.2) is 42.8 Å². The van der Waals surface area contributed by atoms with Crippen molar-refractivity contribution < 1.29 is 31.5 Å². The SMILES string of the molecule is CC(C)(C)c1cc(C(=O)OCCC[N+](C)(C)Cc2ccccc2)cc(C(C)(C)C)c1O.[Cl-]. The van der Waals surface area contributed by atoms with Crippen LogP contribution >= 0.6 is 0 Å². The highest BCUT2D eigenvalue weighted by Gasteiger charge is 2.28. The minimum absolute atomic E-state index is 0. The summed E-state index contributed by atoms with van der Waals surface area (Å²) in [4.78, 5) is 12.8. The van der Waals surface area contributed by atoms with E-state index < -0.39 is 0 Å². The fourth-order valence-electron chi connectivity index (χ4n) is 3.79. The number of benzene rings is 2. The molecule has 0 aliphatic rings. The van der Waals surface area contributed by atoms with Crippen LogP contribution in [0, 0.1) is 0 Å². The predicted molar refractivity (Wildman–Crippen MR) is 128 cm³/mol. The lowest BCUT2D eigenvalue weighted by molar-refractivity contribution is -0.903. The molecule has 0 amide bonds. The Morgan fingerprint density at radius 2 is 1.44 bits per heavy atom.